The van der Waals surface area contributed by atoms with Crippen LogP contribution in [0.4, 0.5) is 14.5 Å². The lowest BCUT2D eigenvalue weighted by atomic mass is 9.91. The van der Waals surface area contributed by atoms with E-state index in [1.54, 1.807) is 54.9 Å². The number of hydrogen-bond donors (Lipinski definition) is 2. The van der Waals surface area contributed by atoms with Crippen molar-refractivity contribution in [2.45, 2.75) is 65.8 Å². The molecule has 3 aromatic carbocycles. The molecule has 8 rings (SSSR count). The molecule has 5 heterocycles. The second-order valence-corrected chi connectivity index (χ2v) is 18.7. The molecular formula is C43H48F2N7O4P. The van der Waals surface area contributed by atoms with Crippen LogP contribution in [0.5, 0.6) is 0 Å². The average molecular weight is 796 g/mol. The van der Waals surface area contributed by atoms with Gasteiger partial charge in [-0.2, -0.15) is 5.10 Å². The first kappa shape index (κ1) is 38.6. The van der Waals surface area contributed by atoms with Crippen molar-refractivity contribution in [2.24, 2.45) is 0 Å². The summed E-state index contributed by atoms with van der Waals surface area (Å²) in [6.07, 6.45) is 6.13. The second-order valence-electron chi connectivity index (χ2n) is 15.2. The lowest BCUT2D eigenvalue weighted by Crippen LogP contribution is -2.39. The Morgan fingerprint density at radius 3 is 2.37 bits per heavy atom. The molecule has 2 aliphatic rings. The number of ether oxygens (including phenoxy) is 1. The van der Waals surface area contributed by atoms with Crippen LogP contribution in [0.15, 0.2) is 65.7 Å². The van der Waals surface area contributed by atoms with E-state index in [1.807, 2.05) is 32.9 Å². The van der Waals surface area contributed by atoms with Crippen LogP contribution in [0.25, 0.3) is 28.1 Å². The number of nitrogens with zero attached hydrogens (tertiary/aromatic N) is 5. The number of H-pyrrole nitrogens is 1. The number of aromatic nitrogens is 5. The fourth-order valence-corrected chi connectivity index (χ4v) is 10.8. The third-order valence-corrected chi connectivity index (χ3v) is 15.3. The lowest BCUT2D eigenvalue weighted by molar-refractivity contribution is 0.0672. The van der Waals surface area contributed by atoms with Crippen LogP contribution in [0, 0.1) is 25.5 Å². The SMILES string of the molecule is CCP(=O)(CC)c1ccc(-n2ccn(-c3c4c(nn3-c3cc(C)c(F)c(C)c3)CCN(C(=O)c3cc5cc(C6CCOCC6)ccc5[nH]3)[C@H]4C)c2=O)c(F)c1NC. The molecule has 0 radical (unpaired) electrons. The summed E-state index contributed by atoms with van der Waals surface area (Å²) in [6.45, 7) is 10.8. The van der Waals surface area contributed by atoms with Crippen LogP contribution in [0.1, 0.15) is 84.0 Å². The highest BCUT2D eigenvalue weighted by Crippen LogP contribution is 2.46. The maximum atomic E-state index is 16.4. The third-order valence-electron chi connectivity index (χ3n) is 12.0. The zero-order chi connectivity index (χ0) is 40.3. The Labute approximate surface area is 330 Å². The van der Waals surface area contributed by atoms with E-state index in [0.717, 1.165) is 37.0 Å². The van der Waals surface area contributed by atoms with Gasteiger partial charge in [0.15, 0.2) is 5.82 Å². The largest absolute Gasteiger partial charge is 0.385 e. The van der Waals surface area contributed by atoms with Gasteiger partial charge in [0, 0.05) is 79.7 Å². The molecular weight excluding hydrogens is 747 g/mol. The minimum atomic E-state index is -2.87. The maximum absolute atomic E-state index is 16.4. The van der Waals surface area contributed by atoms with Crippen molar-refractivity contribution in [1.29, 1.82) is 0 Å². The molecule has 1 saturated heterocycles. The molecule has 298 valence electrons. The molecule has 0 unspecified atom stereocenters. The van der Waals surface area contributed by atoms with Crippen molar-refractivity contribution in [3.8, 4) is 17.2 Å². The van der Waals surface area contributed by atoms with Crippen LogP contribution < -0.4 is 16.3 Å². The predicted octanol–water partition coefficient (Wildman–Crippen LogP) is 7.91. The number of amides is 1. The van der Waals surface area contributed by atoms with Crippen molar-refractivity contribution in [3.05, 3.63) is 117 Å². The Morgan fingerprint density at radius 1 is 0.982 bits per heavy atom. The van der Waals surface area contributed by atoms with Gasteiger partial charge in [-0.3, -0.25) is 13.9 Å². The van der Waals surface area contributed by atoms with Gasteiger partial charge in [0.1, 0.15) is 24.5 Å². The average Bonchev–Trinajstić information content (AvgIpc) is 3.94. The van der Waals surface area contributed by atoms with Crippen molar-refractivity contribution in [3.63, 3.8) is 0 Å². The number of halogens is 2. The van der Waals surface area contributed by atoms with Gasteiger partial charge in [0.25, 0.3) is 5.91 Å². The Balaban J connectivity index is 1.23. The molecule has 0 spiro atoms. The summed E-state index contributed by atoms with van der Waals surface area (Å²) >= 11 is 0. The number of aryl methyl sites for hydroxylation is 2. The normalized spacial score (nSPS) is 16.4. The Morgan fingerprint density at radius 2 is 1.68 bits per heavy atom. The number of anilines is 1. The van der Waals surface area contributed by atoms with E-state index in [4.69, 9.17) is 9.84 Å². The van der Waals surface area contributed by atoms with Gasteiger partial charge in [-0.05, 0) is 98.7 Å². The summed E-state index contributed by atoms with van der Waals surface area (Å²) < 4.78 is 54.8. The fraction of sp³-hybridized carbons (Fsp3) is 0.372. The van der Waals surface area contributed by atoms with Crippen LogP contribution >= 0.6 is 7.14 Å². The van der Waals surface area contributed by atoms with Crippen molar-refractivity contribution < 1.29 is 22.9 Å². The number of carbonyl (C=O) groups is 1. The summed E-state index contributed by atoms with van der Waals surface area (Å²) in [6, 6.07) is 14.2. The summed E-state index contributed by atoms with van der Waals surface area (Å²) in [5.74, 6) is -0.428. The monoisotopic (exact) mass is 795 g/mol. The van der Waals surface area contributed by atoms with Crippen molar-refractivity contribution in [2.75, 3.05) is 44.4 Å². The molecule has 2 aliphatic heterocycles. The van der Waals surface area contributed by atoms with E-state index in [1.165, 1.54) is 27.0 Å². The summed E-state index contributed by atoms with van der Waals surface area (Å²) in [5.41, 5.74) is 4.79. The summed E-state index contributed by atoms with van der Waals surface area (Å²) in [7, 11) is -1.30. The molecule has 6 aromatic rings. The van der Waals surface area contributed by atoms with Gasteiger partial charge < -0.3 is 24.5 Å². The number of nitrogens with one attached hydrogen (secondary N) is 2. The molecule has 0 bridgehead atoms. The number of rotatable bonds is 9. The smallest absolute Gasteiger partial charge is 0.338 e. The minimum absolute atomic E-state index is 0.0114. The quantitative estimate of drug-likeness (QED) is 0.144. The third kappa shape index (κ3) is 6.45. The minimum Gasteiger partial charge on any atom is -0.385 e. The van der Waals surface area contributed by atoms with E-state index in [9.17, 15) is 18.5 Å². The molecule has 2 N–H and O–H groups in total. The van der Waals surface area contributed by atoms with Crippen molar-refractivity contribution in [1.82, 2.24) is 28.8 Å². The number of benzene rings is 3. The van der Waals surface area contributed by atoms with E-state index in [2.05, 4.69) is 22.4 Å². The fourth-order valence-electron chi connectivity index (χ4n) is 8.70. The topological polar surface area (TPSA) is 119 Å². The van der Waals surface area contributed by atoms with Crippen LogP contribution in [0.2, 0.25) is 0 Å². The Bertz CT molecular complexity index is 2620. The Kier molecular flexibility index (Phi) is 10.1. The molecule has 0 saturated carbocycles. The van der Waals surface area contributed by atoms with Gasteiger partial charge in [-0.15, -0.1) is 0 Å². The first-order valence-corrected chi connectivity index (χ1v) is 21.8. The molecule has 1 amide bonds. The lowest BCUT2D eigenvalue weighted by Gasteiger charge is -2.33. The van der Waals surface area contributed by atoms with E-state index in [0.29, 0.717) is 76.1 Å². The Hall–Kier alpha value is -5.26. The van der Waals surface area contributed by atoms with Crippen LogP contribution in [-0.4, -0.2) is 73.8 Å². The highest BCUT2D eigenvalue weighted by molar-refractivity contribution is 7.71. The van der Waals surface area contributed by atoms with Crippen LogP contribution in [-0.2, 0) is 15.7 Å². The van der Waals surface area contributed by atoms with Crippen LogP contribution in [0.3, 0.4) is 0 Å². The van der Waals surface area contributed by atoms with Crippen molar-refractivity contribution >= 4 is 34.9 Å². The molecule has 1 atom stereocenters. The number of hydrogen-bond acceptors (Lipinski definition) is 6. The summed E-state index contributed by atoms with van der Waals surface area (Å²) in [4.78, 5) is 34.1. The highest BCUT2D eigenvalue weighted by Gasteiger charge is 2.36. The number of carbonyl (C=O) groups excluding carboxylic acids is 1. The number of aromatic amines is 1. The number of imidazole rings is 1. The first-order valence-electron chi connectivity index (χ1n) is 19.7. The zero-order valence-electron chi connectivity index (χ0n) is 33.2. The van der Waals surface area contributed by atoms with E-state index >= 15 is 4.39 Å². The predicted molar refractivity (Wildman–Crippen MR) is 220 cm³/mol. The highest BCUT2D eigenvalue weighted by atomic mass is 31.2. The molecule has 14 heteroatoms. The molecule has 0 aliphatic carbocycles. The van der Waals surface area contributed by atoms with Gasteiger partial charge >= 0.3 is 5.69 Å². The van der Waals surface area contributed by atoms with E-state index < -0.39 is 24.7 Å². The molecule has 57 heavy (non-hydrogen) atoms. The van der Waals surface area contributed by atoms with Gasteiger partial charge in [-0.1, -0.05) is 19.9 Å². The standard InChI is InChI=1S/C43H48F2N7O4P/c1-7-57(55,8-2)36-12-11-35(39(45)40(36)46-6)50-17-18-51(43(50)54)41-37-27(5)49(16-13-33(37)48-52(41)31-21-25(3)38(44)26(4)22-31)42(53)34-24-30-23-29(9-10-32(30)47-34)28-14-19-56-20-15-28/h9-12,17-18,21-24,27-28,46-47H,7-8,13-16,19-20H2,1-6H3/t27-/m0/s1. The zero-order valence-corrected chi connectivity index (χ0v) is 34.1. The molecule has 1 fully saturated rings. The van der Waals surface area contributed by atoms with Gasteiger partial charge in [0.2, 0.25) is 0 Å². The summed E-state index contributed by atoms with van der Waals surface area (Å²) in [5, 5.41) is 9.26. The van der Waals surface area contributed by atoms with E-state index in [-0.39, 0.29) is 23.1 Å². The second kappa shape index (κ2) is 14.9. The maximum Gasteiger partial charge on any atom is 0.338 e. The van der Waals surface area contributed by atoms with Gasteiger partial charge in [-0.25, -0.2) is 18.3 Å². The van der Waals surface area contributed by atoms with Gasteiger partial charge in [0.05, 0.1) is 28.8 Å². The molecule has 3 aromatic heterocycles. The number of fused-ring (bicyclic) bond motifs is 2. The first-order chi connectivity index (χ1) is 27.4. The molecule has 11 nitrogen and oxygen atoms in total.